The van der Waals surface area contributed by atoms with Crippen LogP contribution in [0.1, 0.15) is 39.0 Å². The van der Waals surface area contributed by atoms with Crippen molar-refractivity contribution in [2.24, 2.45) is 0 Å². The largest absolute Gasteiger partial charge is 0.494 e. The minimum atomic E-state index is -0.505. The predicted octanol–water partition coefficient (Wildman–Crippen LogP) is 3.52. The summed E-state index contributed by atoms with van der Waals surface area (Å²) >= 11 is 0. The molecule has 0 spiro atoms. The van der Waals surface area contributed by atoms with Crippen LogP contribution in [0.2, 0.25) is 0 Å². The first-order valence-corrected chi connectivity index (χ1v) is 8.33. The first kappa shape index (κ1) is 17.5. The molecular weight excluding hydrogens is 332 g/mol. The lowest BCUT2D eigenvalue weighted by atomic mass is 10.1. The molecule has 0 saturated heterocycles. The molecule has 1 heterocycles. The van der Waals surface area contributed by atoms with E-state index in [4.69, 9.17) is 9.15 Å². The summed E-state index contributed by atoms with van der Waals surface area (Å²) in [6, 6.07) is 12.5. The maximum Gasteiger partial charge on any atom is 0.305 e. The van der Waals surface area contributed by atoms with E-state index in [9.17, 15) is 9.59 Å². The van der Waals surface area contributed by atoms with Gasteiger partial charge in [0.05, 0.1) is 6.61 Å². The topological polar surface area (TPSA) is 80.6 Å². The van der Waals surface area contributed by atoms with Gasteiger partial charge >= 0.3 is 5.91 Å². The van der Waals surface area contributed by atoms with Gasteiger partial charge < -0.3 is 9.15 Å². The van der Waals surface area contributed by atoms with Crippen LogP contribution in [0.5, 0.6) is 5.75 Å². The fourth-order valence-electron chi connectivity index (χ4n) is 2.74. The van der Waals surface area contributed by atoms with E-state index >= 15 is 0 Å². The van der Waals surface area contributed by atoms with Crippen LogP contribution >= 0.6 is 0 Å². The number of amides is 2. The molecule has 0 aliphatic heterocycles. The van der Waals surface area contributed by atoms with Crippen LogP contribution in [0.4, 0.5) is 0 Å². The van der Waals surface area contributed by atoms with Gasteiger partial charge in [0.15, 0.2) is 5.76 Å². The van der Waals surface area contributed by atoms with Gasteiger partial charge in [-0.05, 0) is 50.6 Å². The third-order valence-corrected chi connectivity index (χ3v) is 4.08. The van der Waals surface area contributed by atoms with Crippen molar-refractivity contribution in [1.82, 2.24) is 10.9 Å². The van der Waals surface area contributed by atoms with E-state index in [1.54, 1.807) is 31.2 Å². The standard InChI is InChI=1S/C20H20N2O4/c1-4-25-16-10-9-14(11-12(16)2)19(23)21-22-20(24)18-13(3)15-7-5-6-8-17(15)26-18/h5-11H,4H2,1-3H3,(H,21,23)(H,22,24). The van der Waals surface area contributed by atoms with Gasteiger partial charge in [0.25, 0.3) is 5.91 Å². The van der Waals surface area contributed by atoms with Gasteiger partial charge in [-0.2, -0.15) is 0 Å². The number of hydrazine groups is 1. The third-order valence-electron chi connectivity index (χ3n) is 4.08. The molecule has 2 amide bonds. The summed E-state index contributed by atoms with van der Waals surface area (Å²) in [5.41, 5.74) is 7.43. The van der Waals surface area contributed by atoms with E-state index in [-0.39, 0.29) is 5.76 Å². The number of fused-ring (bicyclic) bond motifs is 1. The van der Waals surface area contributed by atoms with E-state index in [1.165, 1.54) is 0 Å². The lowest BCUT2D eigenvalue weighted by Crippen LogP contribution is -2.41. The van der Waals surface area contributed by atoms with E-state index in [0.717, 1.165) is 22.3 Å². The molecular formula is C20H20N2O4. The number of carbonyl (C=O) groups is 2. The van der Waals surface area contributed by atoms with Gasteiger partial charge in [-0.25, -0.2) is 0 Å². The number of hydrogen-bond donors (Lipinski definition) is 2. The number of rotatable bonds is 4. The highest BCUT2D eigenvalue weighted by Gasteiger charge is 2.18. The number of carbonyl (C=O) groups excluding carboxylic acids is 2. The first-order chi connectivity index (χ1) is 12.5. The molecule has 134 valence electrons. The SMILES string of the molecule is CCOc1ccc(C(=O)NNC(=O)c2oc3ccccc3c2C)cc1C. The summed E-state index contributed by atoms with van der Waals surface area (Å²) in [5.74, 6) is -0.0201. The third kappa shape index (κ3) is 3.39. The molecule has 0 fully saturated rings. The quantitative estimate of drug-likeness (QED) is 0.704. The zero-order valence-electron chi connectivity index (χ0n) is 14.9. The fourth-order valence-corrected chi connectivity index (χ4v) is 2.74. The van der Waals surface area contributed by atoms with Crippen LogP contribution < -0.4 is 15.6 Å². The van der Waals surface area contributed by atoms with Crippen molar-refractivity contribution in [3.8, 4) is 5.75 Å². The average molecular weight is 352 g/mol. The second kappa shape index (κ2) is 7.31. The van der Waals surface area contributed by atoms with E-state index < -0.39 is 11.8 Å². The average Bonchev–Trinajstić information content (AvgIpc) is 2.98. The Morgan fingerprint density at radius 2 is 1.77 bits per heavy atom. The molecule has 0 aliphatic rings. The molecule has 0 bridgehead atoms. The Morgan fingerprint density at radius 3 is 2.46 bits per heavy atom. The maximum absolute atomic E-state index is 12.3. The van der Waals surface area contributed by atoms with Gasteiger partial charge in [0, 0.05) is 16.5 Å². The number of benzene rings is 2. The molecule has 2 N–H and O–H groups in total. The van der Waals surface area contributed by atoms with Gasteiger partial charge in [0.1, 0.15) is 11.3 Å². The van der Waals surface area contributed by atoms with Crippen LogP contribution in [-0.2, 0) is 0 Å². The number of para-hydroxylation sites is 1. The van der Waals surface area contributed by atoms with Crippen LogP contribution in [0.15, 0.2) is 46.9 Å². The molecule has 6 heteroatoms. The normalized spacial score (nSPS) is 10.6. The number of hydrogen-bond acceptors (Lipinski definition) is 4. The van der Waals surface area contributed by atoms with E-state index in [1.807, 2.05) is 32.0 Å². The molecule has 0 saturated carbocycles. The molecule has 26 heavy (non-hydrogen) atoms. The summed E-state index contributed by atoms with van der Waals surface area (Å²) in [4.78, 5) is 24.6. The second-order valence-corrected chi connectivity index (χ2v) is 5.87. The molecule has 3 aromatic rings. The molecule has 2 aromatic carbocycles. The minimum absolute atomic E-state index is 0.175. The number of aryl methyl sites for hydroxylation is 2. The second-order valence-electron chi connectivity index (χ2n) is 5.87. The molecule has 1 aromatic heterocycles. The summed E-state index contributed by atoms with van der Waals surface area (Å²) in [6.45, 7) is 6.12. The van der Waals surface area contributed by atoms with Crippen molar-refractivity contribution in [1.29, 1.82) is 0 Å². The van der Waals surface area contributed by atoms with E-state index in [2.05, 4.69) is 10.9 Å². The van der Waals surface area contributed by atoms with Crippen molar-refractivity contribution in [2.45, 2.75) is 20.8 Å². The summed E-state index contributed by atoms with van der Waals surface area (Å²) in [7, 11) is 0. The highest BCUT2D eigenvalue weighted by molar-refractivity contribution is 6.01. The minimum Gasteiger partial charge on any atom is -0.494 e. The lowest BCUT2D eigenvalue weighted by molar-refractivity contribution is 0.0831. The van der Waals surface area contributed by atoms with Gasteiger partial charge in [-0.3, -0.25) is 20.4 Å². The monoisotopic (exact) mass is 352 g/mol. The van der Waals surface area contributed by atoms with Crippen molar-refractivity contribution < 1.29 is 18.7 Å². The van der Waals surface area contributed by atoms with Crippen LogP contribution in [0, 0.1) is 13.8 Å². The first-order valence-electron chi connectivity index (χ1n) is 8.33. The van der Waals surface area contributed by atoms with Gasteiger partial charge in [-0.1, -0.05) is 18.2 Å². The Bertz CT molecular complexity index is 975. The zero-order valence-corrected chi connectivity index (χ0v) is 14.9. The molecule has 0 atom stereocenters. The molecule has 3 rings (SSSR count). The van der Waals surface area contributed by atoms with Crippen molar-refractivity contribution in [3.05, 3.63) is 64.9 Å². The van der Waals surface area contributed by atoms with Crippen molar-refractivity contribution in [2.75, 3.05) is 6.61 Å². The van der Waals surface area contributed by atoms with Crippen molar-refractivity contribution >= 4 is 22.8 Å². The summed E-state index contributed by atoms with van der Waals surface area (Å²) in [6.07, 6.45) is 0. The Balaban J connectivity index is 1.69. The van der Waals surface area contributed by atoms with Crippen LogP contribution in [0.3, 0.4) is 0 Å². The van der Waals surface area contributed by atoms with Crippen LogP contribution in [-0.4, -0.2) is 18.4 Å². The Hall–Kier alpha value is -3.28. The fraction of sp³-hybridized carbons (Fsp3) is 0.200. The van der Waals surface area contributed by atoms with Gasteiger partial charge in [0.2, 0.25) is 0 Å². The molecule has 6 nitrogen and oxygen atoms in total. The smallest absolute Gasteiger partial charge is 0.305 e. The highest BCUT2D eigenvalue weighted by Crippen LogP contribution is 2.24. The number of furan rings is 1. The zero-order chi connectivity index (χ0) is 18.7. The predicted molar refractivity (Wildman–Crippen MR) is 98.2 cm³/mol. The number of ether oxygens (including phenoxy) is 1. The lowest BCUT2D eigenvalue weighted by Gasteiger charge is -2.10. The molecule has 0 unspecified atom stereocenters. The Labute approximate surface area is 151 Å². The Morgan fingerprint density at radius 1 is 1.04 bits per heavy atom. The summed E-state index contributed by atoms with van der Waals surface area (Å²) < 4.78 is 11.0. The van der Waals surface area contributed by atoms with E-state index in [0.29, 0.717) is 17.8 Å². The molecule has 0 aliphatic carbocycles. The molecule has 0 radical (unpaired) electrons. The Kier molecular flexibility index (Phi) is 4.93. The van der Waals surface area contributed by atoms with Crippen LogP contribution in [0.25, 0.3) is 11.0 Å². The number of nitrogens with one attached hydrogen (secondary N) is 2. The highest BCUT2D eigenvalue weighted by atomic mass is 16.5. The summed E-state index contributed by atoms with van der Waals surface area (Å²) in [5, 5.41) is 0.867. The maximum atomic E-state index is 12.3. The van der Waals surface area contributed by atoms with Gasteiger partial charge in [-0.15, -0.1) is 0 Å². The van der Waals surface area contributed by atoms with Crippen molar-refractivity contribution in [3.63, 3.8) is 0 Å².